The van der Waals surface area contributed by atoms with Gasteiger partial charge in [-0.05, 0) is 44.9 Å². The zero-order valence-corrected chi connectivity index (χ0v) is 12.0. The maximum atomic E-state index is 12.3. The van der Waals surface area contributed by atoms with Crippen LogP contribution >= 0.6 is 0 Å². The van der Waals surface area contributed by atoms with E-state index in [1.807, 2.05) is 13.0 Å². The topological polar surface area (TPSA) is 81.4 Å². The van der Waals surface area contributed by atoms with Crippen LogP contribution in [0.2, 0.25) is 0 Å². The molecule has 0 bridgehead atoms. The third-order valence-electron chi connectivity index (χ3n) is 2.49. The van der Waals surface area contributed by atoms with Crippen LogP contribution in [0.4, 0.5) is 0 Å². The molecule has 1 aromatic carbocycles. The minimum atomic E-state index is -3.58. The van der Waals surface area contributed by atoms with Crippen LogP contribution in [0.25, 0.3) is 0 Å². The molecule has 0 saturated carbocycles. The first-order valence-electron chi connectivity index (χ1n) is 5.61. The normalized spacial score (nSPS) is 12.7. The first-order chi connectivity index (χ1) is 8.18. The van der Waals surface area contributed by atoms with E-state index in [9.17, 15) is 8.42 Å². The zero-order valence-electron chi connectivity index (χ0n) is 11.1. The van der Waals surface area contributed by atoms with Crippen molar-refractivity contribution in [3.63, 3.8) is 0 Å². The highest BCUT2D eigenvalue weighted by atomic mass is 32.2. The lowest BCUT2D eigenvalue weighted by molar-refractivity contribution is 0.0929. The van der Waals surface area contributed by atoms with E-state index >= 15 is 0 Å². The molecular formula is C12H20N2O3S. The summed E-state index contributed by atoms with van der Waals surface area (Å²) in [5.41, 5.74) is 0.843. The summed E-state index contributed by atoms with van der Waals surface area (Å²) in [6, 6.07) is 5.32. The lowest BCUT2D eigenvalue weighted by Crippen LogP contribution is -2.47. The van der Waals surface area contributed by atoms with E-state index < -0.39 is 15.6 Å². The first-order valence-corrected chi connectivity index (χ1v) is 7.09. The molecule has 0 heterocycles. The molecule has 6 heteroatoms. The van der Waals surface area contributed by atoms with Crippen molar-refractivity contribution in [2.75, 3.05) is 6.61 Å². The maximum Gasteiger partial charge on any atom is 0.241 e. The van der Waals surface area contributed by atoms with Crippen LogP contribution < -0.4 is 10.6 Å². The summed E-state index contributed by atoms with van der Waals surface area (Å²) >= 11 is 0. The van der Waals surface area contributed by atoms with Gasteiger partial charge in [-0.2, -0.15) is 0 Å². The van der Waals surface area contributed by atoms with Crippen LogP contribution in [0.3, 0.4) is 0 Å². The quantitative estimate of drug-likeness (QED) is 0.790. The molecule has 0 amide bonds. The SMILES string of the molecule is Cc1ccc(C)c(S(=O)(=O)NC(C)(C)CON)c1. The van der Waals surface area contributed by atoms with E-state index in [0.717, 1.165) is 5.56 Å². The standard InChI is InChI=1S/C12H20N2O3S/c1-9-5-6-10(2)11(7-9)18(15,16)14-12(3,4)8-17-13/h5-7,14H,8,13H2,1-4H3. The summed E-state index contributed by atoms with van der Waals surface area (Å²) in [6.45, 7) is 7.13. The molecule has 102 valence electrons. The van der Waals surface area contributed by atoms with Gasteiger partial charge in [-0.3, -0.25) is 0 Å². The summed E-state index contributed by atoms with van der Waals surface area (Å²) in [4.78, 5) is 4.80. The van der Waals surface area contributed by atoms with Crippen molar-refractivity contribution in [1.29, 1.82) is 0 Å². The van der Waals surface area contributed by atoms with Crippen LogP contribution in [0, 0.1) is 13.8 Å². The molecule has 0 aliphatic rings. The number of rotatable bonds is 5. The summed E-state index contributed by atoms with van der Waals surface area (Å²) in [7, 11) is -3.58. The Morgan fingerprint density at radius 3 is 2.50 bits per heavy atom. The Hall–Kier alpha value is -0.950. The van der Waals surface area contributed by atoms with Crippen LogP contribution in [0.15, 0.2) is 23.1 Å². The molecule has 0 aromatic heterocycles. The Kier molecular flexibility index (Phi) is 4.50. The van der Waals surface area contributed by atoms with Crippen LogP contribution in [-0.4, -0.2) is 20.6 Å². The lowest BCUT2D eigenvalue weighted by atomic mass is 10.1. The van der Waals surface area contributed by atoms with Gasteiger partial charge in [0.1, 0.15) is 0 Å². The third-order valence-corrected chi connectivity index (χ3v) is 4.33. The molecule has 5 nitrogen and oxygen atoms in total. The Labute approximate surface area is 108 Å². The average Bonchev–Trinajstić information content (AvgIpc) is 2.19. The number of aryl methyl sites for hydroxylation is 2. The largest absolute Gasteiger partial charge is 0.303 e. The van der Waals surface area contributed by atoms with Gasteiger partial charge in [-0.25, -0.2) is 19.0 Å². The molecule has 3 N–H and O–H groups in total. The maximum absolute atomic E-state index is 12.3. The van der Waals surface area contributed by atoms with E-state index in [-0.39, 0.29) is 11.5 Å². The average molecular weight is 272 g/mol. The van der Waals surface area contributed by atoms with E-state index in [2.05, 4.69) is 9.56 Å². The van der Waals surface area contributed by atoms with Gasteiger partial charge in [-0.1, -0.05) is 12.1 Å². The second-order valence-corrected chi connectivity index (χ2v) is 6.72. The molecule has 0 radical (unpaired) electrons. The van der Waals surface area contributed by atoms with Gasteiger partial charge in [0.2, 0.25) is 10.0 Å². The Balaban J connectivity index is 3.11. The molecule has 0 saturated heterocycles. The van der Waals surface area contributed by atoms with Crippen molar-refractivity contribution in [1.82, 2.24) is 4.72 Å². The predicted molar refractivity (Wildman–Crippen MR) is 70.5 cm³/mol. The van der Waals surface area contributed by atoms with Crippen molar-refractivity contribution >= 4 is 10.0 Å². The number of nitrogens with one attached hydrogen (secondary N) is 1. The van der Waals surface area contributed by atoms with Gasteiger partial charge in [0.15, 0.2) is 0 Å². The summed E-state index contributed by atoms with van der Waals surface area (Å²) in [5, 5.41) is 0. The minimum absolute atomic E-state index is 0.0943. The number of benzene rings is 1. The number of nitrogens with two attached hydrogens (primary N) is 1. The van der Waals surface area contributed by atoms with E-state index in [1.54, 1.807) is 32.9 Å². The van der Waals surface area contributed by atoms with Crippen LogP contribution in [0.1, 0.15) is 25.0 Å². The van der Waals surface area contributed by atoms with Gasteiger partial charge in [-0.15, -0.1) is 0 Å². The second kappa shape index (κ2) is 5.36. The van der Waals surface area contributed by atoms with Crippen molar-refractivity contribution in [3.05, 3.63) is 29.3 Å². The second-order valence-electron chi connectivity index (χ2n) is 5.07. The molecule has 0 unspecified atom stereocenters. The van der Waals surface area contributed by atoms with E-state index in [4.69, 9.17) is 5.90 Å². The molecule has 0 aliphatic heterocycles. The van der Waals surface area contributed by atoms with Crippen molar-refractivity contribution in [3.8, 4) is 0 Å². The van der Waals surface area contributed by atoms with Crippen LogP contribution in [-0.2, 0) is 14.9 Å². The molecule has 1 rings (SSSR count). The molecule has 0 fully saturated rings. The van der Waals surface area contributed by atoms with Gasteiger partial charge >= 0.3 is 0 Å². The fraction of sp³-hybridized carbons (Fsp3) is 0.500. The number of sulfonamides is 1. The Bertz CT molecular complexity index is 524. The lowest BCUT2D eigenvalue weighted by Gasteiger charge is -2.25. The fourth-order valence-electron chi connectivity index (χ4n) is 1.65. The molecule has 0 atom stereocenters. The van der Waals surface area contributed by atoms with Crippen molar-refractivity contribution < 1.29 is 13.3 Å². The fourth-order valence-corrected chi connectivity index (χ4v) is 3.38. The van der Waals surface area contributed by atoms with Crippen molar-refractivity contribution in [2.45, 2.75) is 38.1 Å². The minimum Gasteiger partial charge on any atom is -0.303 e. The smallest absolute Gasteiger partial charge is 0.241 e. The highest BCUT2D eigenvalue weighted by Crippen LogP contribution is 2.18. The van der Waals surface area contributed by atoms with E-state index in [1.165, 1.54) is 0 Å². The van der Waals surface area contributed by atoms with Gasteiger partial charge < -0.3 is 4.84 Å². The summed E-state index contributed by atoms with van der Waals surface area (Å²) in [5.74, 6) is 4.99. The van der Waals surface area contributed by atoms with Crippen LogP contribution in [0.5, 0.6) is 0 Å². The zero-order chi connectivity index (χ0) is 14.0. The number of hydrogen-bond donors (Lipinski definition) is 2. The van der Waals surface area contributed by atoms with E-state index in [0.29, 0.717) is 5.56 Å². The van der Waals surface area contributed by atoms with Gasteiger partial charge in [0.25, 0.3) is 0 Å². The predicted octanol–water partition coefficient (Wildman–Crippen LogP) is 1.25. The highest BCUT2D eigenvalue weighted by molar-refractivity contribution is 7.89. The Morgan fingerprint density at radius 1 is 1.33 bits per heavy atom. The molecule has 0 aliphatic carbocycles. The highest BCUT2D eigenvalue weighted by Gasteiger charge is 2.27. The van der Waals surface area contributed by atoms with Gasteiger partial charge in [0.05, 0.1) is 17.0 Å². The third kappa shape index (κ3) is 3.78. The van der Waals surface area contributed by atoms with Gasteiger partial charge in [0, 0.05) is 0 Å². The molecule has 18 heavy (non-hydrogen) atoms. The molecule has 0 spiro atoms. The molecule has 1 aromatic rings. The number of hydrogen-bond acceptors (Lipinski definition) is 4. The first kappa shape index (κ1) is 15.1. The summed E-state index contributed by atoms with van der Waals surface area (Å²) in [6.07, 6.45) is 0. The van der Waals surface area contributed by atoms with Crippen molar-refractivity contribution in [2.24, 2.45) is 5.90 Å². The summed E-state index contributed by atoms with van der Waals surface area (Å²) < 4.78 is 27.2. The Morgan fingerprint density at radius 2 is 1.94 bits per heavy atom. The monoisotopic (exact) mass is 272 g/mol. The molecular weight excluding hydrogens is 252 g/mol.